The van der Waals surface area contributed by atoms with E-state index in [0.717, 1.165) is 19.6 Å². The van der Waals surface area contributed by atoms with Crippen LogP contribution < -0.4 is 0 Å². The third-order valence-corrected chi connectivity index (χ3v) is 1.77. The van der Waals surface area contributed by atoms with Gasteiger partial charge in [-0.1, -0.05) is 6.42 Å². The van der Waals surface area contributed by atoms with Gasteiger partial charge in [0, 0.05) is 19.6 Å². The van der Waals surface area contributed by atoms with Gasteiger partial charge in [-0.05, 0) is 19.8 Å². The van der Waals surface area contributed by atoms with Crippen molar-refractivity contribution in [1.82, 2.24) is 5.06 Å². The number of rotatable bonds is 3. The largest absolute Gasteiger partial charge is 0.394 e. The summed E-state index contributed by atoms with van der Waals surface area (Å²) in [5.74, 6) is 0. The summed E-state index contributed by atoms with van der Waals surface area (Å²) in [7, 11) is 0. The molecule has 1 aliphatic rings. The third-order valence-electron chi connectivity index (χ3n) is 1.77. The van der Waals surface area contributed by atoms with Crippen LogP contribution in [0.1, 0.15) is 26.2 Å². The van der Waals surface area contributed by atoms with E-state index in [1.165, 1.54) is 19.3 Å². The van der Waals surface area contributed by atoms with Crippen LogP contribution in [0.2, 0.25) is 0 Å². The van der Waals surface area contributed by atoms with Crippen LogP contribution in [0, 0.1) is 0 Å². The van der Waals surface area contributed by atoms with E-state index >= 15 is 0 Å². The van der Waals surface area contributed by atoms with E-state index in [1.807, 2.05) is 12.0 Å². The lowest BCUT2D eigenvalue weighted by Crippen LogP contribution is -2.29. The summed E-state index contributed by atoms with van der Waals surface area (Å²) in [5.41, 5.74) is 0. The van der Waals surface area contributed by atoms with E-state index in [1.54, 1.807) is 6.40 Å². The Morgan fingerprint density at radius 3 is 2.73 bits per heavy atom. The molecule has 1 aliphatic heterocycles. The highest BCUT2D eigenvalue weighted by molar-refractivity contribution is 5.45. The average Bonchev–Trinajstić information content (AvgIpc) is 2.07. The molecule has 1 saturated heterocycles. The highest BCUT2D eigenvalue weighted by Crippen LogP contribution is 2.07. The Bertz CT molecular complexity index is 119. The maximum Gasteiger partial charge on any atom is 0.196 e. The number of hydrogen-bond acceptors (Lipinski definition) is 3. The fourth-order valence-corrected chi connectivity index (χ4v) is 1.14. The molecule has 0 aromatic carbocycles. The highest BCUT2D eigenvalue weighted by Gasteiger charge is 2.08. The second-order valence-electron chi connectivity index (χ2n) is 2.70. The van der Waals surface area contributed by atoms with Crippen LogP contribution in [0.4, 0.5) is 0 Å². The second-order valence-corrected chi connectivity index (χ2v) is 2.70. The molecule has 0 unspecified atom stereocenters. The Labute approximate surface area is 68.0 Å². The number of hydroxylamine groups is 2. The van der Waals surface area contributed by atoms with Crippen LogP contribution in [-0.4, -0.2) is 31.1 Å². The van der Waals surface area contributed by atoms with Gasteiger partial charge in [0.15, 0.2) is 6.40 Å². The molecule has 1 rings (SSSR count). The predicted octanol–water partition coefficient (Wildman–Crippen LogP) is 1.45. The molecule has 64 valence electrons. The fraction of sp³-hybridized carbons (Fsp3) is 0.875. The molecule has 11 heavy (non-hydrogen) atoms. The third kappa shape index (κ3) is 3.37. The van der Waals surface area contributed by atoms with Crippen molar-refractivity contribution in [1.29, 1.82) is 0 Å². The van der Waals surface area contributed by atoms with Crippen LogP contribution >= 0.6 is 0 Å². The van der Waals surface area contributed by atoms with Crippen LogP contribution in [0.3, 0.4) is 0 Å². The molecular formula is C8H16N2O. The quantitative estimate of drug-likeness (QED) is 0.456. The molecular weight excluding hydrogens is 140 g/mol. The molecule has 0 aliphatic carbocycles. The zero-order chi connectivity index (χ0) is 7.94. The lowest BCUT2D eigenvalue weighted by molar-refractivity contribution is -0.0795. The highest BCUT2D eigenvalue weighted by atomic mass is 16.7. The monoisotopic (exact) mass is 156 g/mol. The Kier molecular flexibility index (Phi) is 3.98. The van der Waals surface area contributed by atoms with Gasteiger partial charge in [0.05, 0.1) is 0 Å². The van der Waals surface area contributed by atoms with Crippen molar-refractivity contribution in [2.75, 3.05) is 19.6 Å². The Morgan fingerprint density at radius 2 is 2.09 bits per heavy atom. The first-order chi connectivity index (χ1) is 5.43. The van der Waals surface area contributed by atoms with E-state index in [9.17, 15) is 0 Å². The van der Waals surface area contributed by atoms with Gasteiger partial charge in [-0.3, -0.25) is 4.99 Å². The van der Waals surface area contributed by atoms with E-state index in [0.29, 0.717) is 0 Å². The van der Waals surface area contributed by atoms with E-state index in [-0.39, 0.29) is 0 Å². The molecule has 3 heteroatoms. The Hall–Kier alpha value is -0.570. The van der Waals surface area contributed by atoms with Gasteiger partial charge in [0.1, 0.15) is 0 Å². The number of hydrogen-bond donors (Lipinski definition) is 0. The molecule has 0 saturated carbocycles. The van der Waals surface area contributed by atoms with Crippen LogP contribution in [0.15, 0.2) is 4.99 Å². The van der Waals surface area contributed by atoms with Crippen LogP contribution in [0.5, 0.6) is 0 Å². The van der Waals surface area contributed by atoms with Gasteiger partial charge < -0.3 is 4.84 Å². The summed E-state index contributed by atoms with van der Waals surface area (Å²) in [6.45, 7) is 4.90. The second kappa shape index (κ2) is 5.13. The minimum absolute atomic E-state index is 0.799. The van der Waals surface area contributed by atoms with Crippen molar-refractivity contribution in [3.05, 3.63) is 0 Å². The molecule has 0 amide bonds. The molecule has 1 heterocycles. The summed E-state index contributed by atoms with van der Waals surface area (Å²) in [4.78, 5) is 9.24. The molecule has 0 aromatic rings. The van der Waals surface area contributed by atoms with Crippen LogP contribution in [0.25, 0.3) is 0 Å². The van der Waals surface area contributed by atoms with Crippen molar-refractivity contribution < 1.29 is 4.84 Å². The first-order valence-corrected chi connectivity index (χ1v) is 4.33. The Balaban J connectivity index is 2.09. The van der Waals surface area contributed by atoms with Gasteiger partial charge in [0.2, 0.25) is 0 Å². The molecule has 0 spiro atoms. The molecule has 0 bridgehead atoms. The first kappa shape index (κ1) is 8.53. The maximum atomic E-state index is 5.26. The molecule has 1 fully saturated rings. The predicted molar refractivity (Wildman–Crippen MR) is 45.5 cm³/mol. The van der Waals surface area contributed by atoms with Crippen molar-refractivity contribution >= 4 is 6.40 Å². The lowest BCUT2D eigenvalue weighted by Gasteiger charge is -2.23. The average molecular weight is 156 g/mol. The molecule has 0 N–H and O–H groups in total. The van der Waals surface area contributed by atoms with Gasteiger partial charge >= 0.3 is 0 Å². The molecule has 3 nitrogen and oxygen atoms in total. The summed E-state index contributed by atoms with van der Waals surface area (Å²) < 4.78 is 0. The summed E-state index contributed by atoms with van der Waals surface area (Å²) in [5, 5.41) is 1.97. The van der Waals surface area contributed by atoms with Gasteiger partial charge in [-0.15, -0.1) is 5.06 Å². The topological polar surface area (TPSA) is 24.8 Å². The van der Waals surface area contributed by atoms with Crippen LogP contribution in [-0.2, 0) is 4.84 Å². The van der Waals surface area contributed by atoms with Crippen molar-refractivity contribution in [2.24, 2.45) is 4.99 Å². The lowest BCUT2D eigenvalue weighted by atomic mass is 10.2. The minimum atomic E-state index is 0.799. The minimum Gasteiger partial charge on any atom is -0.394 e. The van der Waals surface area contributed by atoms with Crippen molar-refractivity contribution in [3.8, 4) is 0 Å². The molecule has 0 radical (unpaired) electrons. The normalized spacial score (nSPS) is 20.8. The molecule has 0 aromatic heterocycles. The first-order valence-electron chi connectivity index (χ1n) is 4.33. The van der Waals surface area contributed by atoms with Gasteiger partial charge in [-0.25, -0.2) is 0 Å². The number of piperidine rings is 1. The number of nitrogens with zero attached hydrogens (tertiary/aromatic N) is 2. The maximum absolute atomic E-state index is 5.26. The van der Waals surface area contributed by atoms with E-state index in [4.69, 9.17) is 4.84 Å². The van der Waals surface area contributed by atoms with Crippen molar-refractivity contribution in [2.45, 2.75) is 26.2 Å². The van der Waals surface area contributed by atoms with Crippen molar-refractivity contribution in [3.63, 3.8) is 0 Å². The van der Waals surface area contributed by atoms with E-state index < -0.39 is 0 Å². The SMILES string of the molecule is CCN=CON1CCCCC1. The molecule has 0 atom stereocenters. The smallest absolute Gasteiger partial charge is 0.196 e. The standard InChI is InChI=1S/C8H16N2O/c1-2-9-8-11-10-6-4-3-5-7-10/h8H,2-7H2,1H3. The summed E-state index contributed by atoms with van der Waals surface area (Å²) >= 11 is 0. The number of aliphatic imine (C=N–C) groups is 1. The Morgan fingerprint density at radius 1 is 1.36 bits per heavy atom. The summed E-state index contributed by atoms with van der Waals surface area (Å²) in [6, 6.07) is 0. The zero-order valence-electron chi connectivity index (χ0n) is 7.12. The van der Waals surface area contributed by atoms with Gasteiger partial charge in [0.25, 0.3) is 0 Å². The van der Waals surface area contributed by atoms with E-state index in [2.05, 4.69) is 4.99 Å². The van der Waals surface area contributed by atoms with Gasteiger partial charge in [-0.2, -0.15) is 0 Å². The zero-order valence-corrected chi connectivity index (χ0v) is 7.12. The fourth-order valence-electron chi connectivity index (χ4n) is 1.14. The summed E-state index contributed by atoms with van der Waals surface area (Å²) in [6.07, 6.45) is 5.38.